The number of hydrogen-bond acceptors (Lipinski definition) is 3. The molecular formula is C13H19N3O3. The molecule has 1 N–H and O–H groups in total. The van der Waals surface area contributed by atoms with Gasteiger partial charge in [0.15, 0.2) is 5.43 Å². The molecule has 0 radical (unpaired) electrons. The Kier molecular flexibility index (Phi) is 5.29. The number of rotatable bonds is 5. The van der Waals surface area contributed by atoms with Crippen molar-refractivity contribution in [3.8, 4) is 0 Å². The maximum Gasteiger partial charge on any atom is 0.259 e. The fraction of sp³-hybridized carbons (Fsp3) is 0.462. The number of carbonyl (C=O) groups excluding carboxylic acids is 2. The van der Waals surface area contributed by atoms with Crippen molar-refractivity contribution in [3.63, 3.8) is 0 Å². The van der Waals surface area contributed by atoms with Crippen LogP contribution in [0.5, 0.6) is 0 Å². The molecule has 0 saturated carbocycles. The van der Waals surface area contributed by atoms with Gasteiger partial charge < -0.3 is 14.8 Å². The van der Waals surface area contributed by atoms with E-state index in [1.807, 2.05) is 6.92 Å². The molecule has 0 spiro atoms. The van der Waals surface area contributed by atoms with Crippen molar-refractivity contribution in [1.82, 2.24) is 14.8 Å². The van der Waals surface area contributed by atoms with Crippen LogP contribution in [-0.2, 0) is 4.79 Å². The first kappa shape index (κ1) is 14.9. The SMILES string of the molecule is CCCN(CC(=O)N(C)C)C(=O)c1c[nH]ccc1=O. The first-order chi connectivity index (χ1) is 8.97. The Morgan fingerprint density at radius 3 is 2.53 bits per heavy atom. The van der Waals surface area contributed by atoms with Gasteiger partial charge in [0, 0.05) is 39.1 Å². The Balaban J connectivity index is 2.93. The van der Waals surface area contributed by atoms with Crippen LogP contribution >= 0.6 is 0 Å². The highest BCUT2D eigenvalue weighted by Crippen LogP contribution is 2.01. The van der Waals surface area contributed by atoms with Crippen molar-refractivity contribution >= 4 is 11.8 Å². The lowest BCUT2D eigenvalue weighted by molar-refractivity contribution is -0.129. The normalized spacial score (nSPS) is 10.1. The smallest absolute Gasteiger partial charge is 0.259 e. The molecule has 0 atom stereocenters. The maximum atomic E-state index is 12.2. The summed E-state index contributed by atoms with van der Waals surface area (Å²) in [4.78, 5) is 41.1. The van der Waals surface area contributed by atoms with Crippen molar-refractivity contribution in [3.05, 3.63) is 34.2 Å². The molecule has 0 aliphatic carbocycles. The van der Waals surface area contributed by atoms with Crippen molar-refractivity contribution in [1.29, 1.82) is 0 Å². The zero-order valence-corrected chi connectivity index (χ0v) is 11.5. The first-order valence-corrected chi connectivity index (χ1v) is 6.14. The topological polar surface area (TPSA) is 73.5 Å². The molecule has 6 nitrogen and oxygen atoms in total. The second-order valence-corrected chi connectivity index (χ2v) is 4.44. The lowest BCUT2D eigenvalue weighted by Crippen LogP contribution is -2.42. The number of nitrogens with one attached hydrogen (secondary N) is 1. The summed E-state index contributed by atoms with van der Waals surface area (Å²) in [5, 5.41) is 0. The Labute approximate surface area is 112 Å². The molecular weight excluding hydrogens is 246 g/mol. The van der Waals surface area contributed by atoms with Gasteiger partial charge in [0.25, 0.3) is 5.91 Å². The summed E-state index contributed by atoms with van der Waals surface area (Å²) in [5.74, 6) is -0.590. The summed E-state index contributed by atoms with van der Waals surface area (Å²) < 4.78 is 0. The van der Waals surface area contributed by atoms with Gasteiger partial charge in [0.1, 0.15) is 12.1 Å². The number of H-pyrrole nitrogens is 1. The van der Waals surface area contributed by atoms with Crippen LogP contribution in [-0.4, -0.2) is 53.8 Å². The Morgan fingerprint density at radius 1 is 1.32 bits per heavy atom. The summed E-state index contributed by atoms with van der Waals surface area (Å²) in [6.45, 7) is 2.33. The Hall–Kier alpha value is -2.11. The van der Waals surface area contributed by atoms with E-state index in [0.29, 0.717) is 6.54 Å². The number of pyridine rings is 1. The van der Waals surface area contributed by atoms with E-state index >= 15 is 0 Å². The summed E-state index contributed by atoms with van der Waals surface area (Å²) >= 11 is 0. The van der Waals surface area contributed by atoms with Crippen LogP contribution in [0.25, 0.3) is 0 Å². The fourth-order valence-corrected chi connectivity index (χ4v) is 1.58. The number of likely N-dealkylation sites (N-methyl/N-ethyl adjacent to an activating group) is 1. The van der Waals surface area contributed by atoms with Gasteiger partial charge in [-0.15, -0.1) is 0 Å². The third-order valence-corrected chi connectivity index (χ3v) is 2.66. The van der Waals surface area contributed by atoms with E-state index in [4.69, 9.17) is 0 Å². The van der Waals surface area contributed by atoms with E-state index in [9.17, 15) is 14.4 Å². The van der Waals surface area contributed by atoms with Crippen LogP contribution in [0.1, 0.15) is 23.7 Å². The van der Waals surface area contributed by atoms with E-state index in [1.165, 1.54) is 28.3 Å². The summed E-state index contributed by atoms with van der Waals surface area (Å²) in [6, 6.07) is 1.30. The van der Waals surface area contributed by atoms with Crippen LogP contribution in [0.15, 0.2) is 23.3 Å². The minimum atomic E-state index is -0.418. The molecule has 1 aromatic rings. The molecule has 0 aliphatic heterocycles. The predicted molar refractivity (Wildman–Crippen MR) is 72.0 cm³/mol. The first-order valence-electron chi connectivity index (χ1n) is 6.14. The van der Waals surface area contributed by atoms with Crippen LogP contribution in [0.2, 0.25) is 0 Å². The van der Waals surface area contributed by atoms with Crippen LogP contribution < -0.4 is 5.43 Å². The fourth-order valence-electron chi connectivity index (χ4n) is 1.58. The van der Waals surface area contributed by atoms with Gasteiger partial charge in [-0.05, 0) is 6.42 Å². The molecule has 2 amide bonds. The Morgan fingerprint density at radius 2 is 2.00 bits per heavy atom. The average Bonchev–Trinajstić information content (AvgIpc) is 2.37. The van der Waals surface area contributed by atoms with Gasteiger partial charge >= 0.3 is 0 Å². The molecule has 19 heavy (non-hydrogen) atoms. The zero-order valence-electron chi connectivity index (χ0n) is 11.5. The second kappa shape index (κ2) is 6.72. The van der Waals surface area contributed by atoms with Crippen molar-refractivity contribution < 1.29 is 9.59 Å². The zero-order chi connectivity index (χ0) is 14.4. The lowest BCUT2D eigenvalue weighted by atomic mass is 10.2. The number of nitrogens with zero attached hydrogens (tertiary/aromatic N) is 2. The average molecular weight is 265 g/mol. The molecule has 0 aliphatic rings. The molecule has 1 rings (SSSR count). The van der Waals surface area contributed by atoms with E-state index in [0.717, 1.165) is 6.42 Å². The van der Waals surface area contributed by atoms with Gasteiger partial charge in [-0.2, -0.15) is 0 Å². The standard InChI is InChI=1S/C13H19N3O3/c1-4-7-16(9-12(18)15(2)3)13(19)10-8-14-6-5-11(10)17/h5-6,8H,4,7,9H2,1-3H3,(H,14,17). The molecule has 0 saturated heterocycles. The molecule has 0 bridgehead atoms. The summed E-state index contributed by atoms with van der Waals surface area (Å²) in [7, 11) is 3.26. The number of aromatic nitrogens is 1. The van der Waals surface area contributed by atoms with Crippen LogP contribution in [0, 0.1) is 0 Å². The minimum absolute atomic E-state index is 0.0198. The van der Waals surface area contributed by atoms with E-state index in [2.05, 4.69) is 4.98 Å². The van der Waals surface area contributed by atoms with Crippen molar-refractivity contribution in [2.45, 2.75) is 13.3 Å². The maximum absolute atomic E-state index is 12.2. The van der Waals surface area contributed by atoms with Crippen LogP contribution in [0.3, 0.4) is 0 Å². The van der Waals surface area contributed by atoms with E-state index in [1.54, 1.807) is 14.1 Å². The minimum Gasteiger partial charge on any atom is -0.367 e. The second-order valence-electron chi connectivity index (χ2n) is 4.44. The number of hydrogen-bond donors (Lipinski definition) is 1. The number of carbonyl (C=O) groups is 2. The monoisotopic (exact) mass is 265 g/mol. The third-order valence-electron chi connectivity index (χ3n) is 2.66. The van der Waals surface area contributed by atoms with Gasteiger partial charge in [0.2, 0.25) is 5.91 Å². The Bertz CT molecular complexity index is 508. The number of amides is 2. The van der Waals surface area contributed by atoms with E-state index in [-0.39, 0.29) is 23.4 Å². The van der Waals surface area contributed by atoms with Crippen molar-refractivity contribution in [2.75, 3.05) is 27.2 Å². The highest BCUT2D eigenvalue weighted by molar-refractivity contribution is 5.96. The lowest BCUT2D eigenvalue weighted by Gasteiger charge is -2.23. The highest BCUT2D eigenvalue weighted by Gasteiger charge is 2.20. The molecule has 0 aromatic carbocycles. The van der Waals surface area contributed by atoms with Crippen molar-refractivity contribution in [2.24, 2.45) is 0 Å². The summed E-state index contributed by atoms with van der Waals surface area (Å²) in [5.41, 5.74) is -0.287. The molecule has 104 valence electrons. The van der Waals surface area contributed by atoms with E-state index < -0.39 is 5.91 Å². The van der Waals surface area contributed by atoms with Gasteiger partial charge in [-0.3, -0.25) is 14.4 Å². The molecule has 1 aromatic heterocycles. The summed E-state index contributed by atoms with van der Waals surface area (Å²) in [6.07, 6.45) is 3.55. The van der Waals surface area contributed by atoms with Crippen LogP contribution in [0.4, 0.5) is 0 Å². The molecule has 6 heteroatoms. The quantitative estimate of drug-likeness (QED) is 0.833. The largest absolute Gasteiger partial charge is 0.367 e. The molecule has 1 heterocycles. The number of aromatic amines is 1. The molecule has 0 unspecified atom stereocenters. The van der Waals surface area contributed by atoms with Gasteiger partial charge in [0.05, 0.1) is 0 Å². The van der Waals surface area contributed by atoms with Gasteiger partial charge in [-0.1, -0.05) is 6.92 Å². The third kappa shape index (κ3) is 3.94. The predicted octanol–water partition coefficient (Wildman–Crippen LogP) is 0.315. The van der Waals surface area contributed by atoms with Gasteiger partial charge in [-0.25, -0.2) is 0 Å². The molecule has 0 fully saturated rings. The highest BCUT2D eigenvalue weighted by atomic mass is 16.2.